The average molecular weight is 554 g/mol. The van der Waals surface area contributed by atoms with Crippen molar-refractivity contribution in [3.8, 4) is 11.3 Å². The second-order valence-electron chi connectivity index (χ2n) is 10.2. The monoisotopic (exact) mass is 553 g/mol. The zero-order valence-electron chi connectivity index (χ0n) is 21.6. The first-order valence-corrected chi connectivity index (χ1v) is 14.6. The minimum atomic E-state index is -3.90. The Bertz CT molecular complexity index is 1580. The van der Waals surface area contributed by atoms with Gasteiger partial charge < -0.3 is 11.1 Å². The van der Waals surface area contributed by atoms with Crippen molar-refractivity contribution in [1.29, 1.82) is 0 Å². The fourth-order valence-corrected chi connectivity index (χ4v) is 6.43. The predicted molar refractivity (Wildman–Crippen MR) is 152 cm³/mol. The number of nitrogens with one attached hydrogen (secondary N) is 2. The summed E-state index contributed by atoms with van der Waals surface area (Å²) in [6.07, 6.45) is 5.88. The SMILES string of the molecule is CC(C)c1cc(-c2cc(NS(=O)(=O)c3ccccc3Cl)nn2C)cc2cnc(N[C@H]3CC[C@H](N)CC3)nc12. The summed E-state index contributed by atoms with van der Waals surface area (Å²) >= 11 is 6.12. The summed E-state index contributed by atoms with van der Waals surface area (Å²) in [6, 6.07) is 12.7. The smallest absolute Gasteiger partial charge is 0.264 e. The van der Waals surface area contributed by atoms with Crippen LogP contribution in [0.1, 0.15) is 51.0 Å². The van der Waals surface area contributed by atoms with Gasteiger partial charge >= 0.3 is 0 Å². The van der Waals surface area contributed by atoms with E-state index in [9.17, 15) is 8.42 Å². The number of nitrogens with zero attached hydrogens (tertiary/aromatic N) is 4. The molecule has 200 valence electrons. The number of sulfonamides is 1. The van der Waals surface area contributed by atoms with Gasteiger partial charge in [0, 0.05) is 42.3 Å². The van der Waals surface area contributed by atoms with Gasteiger partial charge in [0.25, 0.3) is 10.0 Å². The Morgan fingerprint density at radius 3 is 2.55 bits per heavy atom. The molecule has 1 aliphatic carbocycles. The van der Waals surface area contributed by atoms with Crippen LogP contribution in [0.5, 0.6) is 0 Å². The number of hydrogen-bond donors (Lipinski definition) is 3. The number of fused-ring (bicyclic) bond motifs is 1. The van der Waals surface area contributed by atoms with Crippen molar-refractivity contribution in [3.63, 3.8) is 0 Å². The van der Waals surface area contributed by atoms with Crippen molar-refractivity contribution in [3.05, 3.63) is 59.2 Å². The van der Waals surface area contributed by atoms with Crippen LogP contribution in [0.4, 0.5) is 11.8 Å². The Labute approximate surface area is 227 Å². The number of aryl methyl sites for hydroxylation is 1. The van der Waals surface area contributed by atoms with Gasteiger partial charge in [-0.1, -0.05) is 37.6 Å². The van der Waals surface area contributed by atoms with Gasteiger partial charge in [-0.2, -0.15) is 5.10 Å². The largest absolute Gasteiger partial charge is 0.351 e. The molecule has 4 N–H and O–H groups in total. The van der Waals surface area contributed by atoms with Crippen LogP contribution in [0.15, 0.2) is 53.6 Å². The van der Waals surface area contributed by atoms with E-state index in [1.54, 1.807) is 29.9 Å². The predicted octanol–water partition coefficient (Wildman–Crippen LogP) is 5.29. The van der Waals surface area contributed by atoms with Gasteiger partial charge in [-0.05, 0) is 61.4 Å². The highest BCUT2D eigenvalue weighted by atomic mass is 35.5. The molecule has 0 atom stereocenters. The fourth-order valence-electron chi connectivity index (χ4n) is 4.92. The third-order valence-corrected chi connectivity index (χ3v) is 8.83. The van der Waals surface area contributed by atoms with E-state index in [-0.39, 0.29) is 27.7 Å². The van der Waals surface area contributed by atoms with Crippen molar-refractivity contribution in [1.82, 2.24) is 19.7 Å². The van der Waals surface area contributed by atoms with Gasteiger partial charge in [0.2, 0.25) is 5.95 Å². The first-order valence-electron chi connectivity index (χ1n) is 12.8. The average Bonchev–Trinajstić information content (AvgIpc) is 3.23. The molecule has 2 aromatic carbocycles. The molecule has 0 bridgehead atoms. The van der Waals surface area contributed by atoms with Crippen molar-refractivity contribution in [2.24, 2.45) is 12.8 Å². The van der Waals surface area contributed by atoms with E-state index in [1.807, 2.05) is 12.3 Å². The molecule has 38 heavy (non-hydrogen) atoms. The van der Waals surface area contributed by atoms with E-state index in [0.29, 0.717) is 12.0 Å². The molecule has 0 unspecified atom stereocenters. The second kappa shape index (κ2) is 10.5. The molecule has 4 aromatic rings. The molecule has 1 saturated carbocycles. The Morgan fingerprint density at radius 2 is 1.84 bits per heavy atom. The standard InChI is InChI=1S/C27H32ClN7O2S/c1-16(2)21-13-17(12-18-15-30-27(32-26(18)21)31-20-10-8-19(29)9-11-20)23-14-25(33-35(23)3)34-38(36,37)24-7-5-4-6-22(24)28/h4-7,12-16,19-20H,8-11,29H2,1-3H3,(H,33,34)(H,30,31,32)/t19-,20-. The molecule has 0 saturated heterocycles. The maximum Gasteiger partial charge on any atom is 0.264 e. The lowest BCUT2D eigenvalue weighted by Gasteiger charge is -2.26. The molecule has 0 amide bonds. The van der Waals surface area contributed by atoms with Crippen molar-refractivity contribution in [2.45, 2.75) is 62.4 Å². The van der Waals surface area contributed by atoms with Crippen LogP contribution in [0, 0.1) is 0 Å². The van der Waals surface area contributed by atoms with Gasteiger partial charge in [0.15, 0.2) is 5.82 Å². The number of anilines is 2. The normalized spacial score (nSPS) is 18.2. The third kappa shape index (κ3) is 5.48. The lowest BCUT2D eigenvalue weighted by Crippen LogP contribution is -2.33. The van der Waals surface area contributed by atoms with E-state index < -0.39 is 10.0 Å². The molecule has 0 aliphatic heterocycles. The van der Waals surface area contributed by atoms with Crippen molar-refractivity contribution >= 4 is 44.3 Å². The summed E-state index contributed by atoms with van der Waals surface area (Å²) in [5, 5.41) is 8.94. The zero-order chi connectivity index (χ0) is 27.0. The van der Waals surface area contributed by atoms with Gasteiger partial charge in [-0.15, -0.1) is 0 Å². The number of nitrogens with two attached hydrogens (primary N) is 1. The summed E-state index contributed by atoms with van der Waals surface area (Å²) < 4.78 is 30.0. The molecule has 11 heteroatoms. The number of hydrogen-bond acceptors (Lipinski definition) is 7. The summed E-state index contributed by atoms with van der Waals surface area (Å²) in [4.78, 5) is 9.47. The lowest BCUT2D eigenvalue weighted by molar-refractivity contribution is 0.410. The molecule has 1 fully saturated rings. The quantitative estimate of drug-likeness (QED) is 0.283. The van der Waals surface area contributed by atoms with Crippen LogP contribution in [-0.2, 0) is 17.1 Å². The molecule has 2 heterocycles. The number of aromatic nitrogens is 4. The zero-order valence-corrected chi connectivity index (χ0v) is 23.2. The third-order valence-electron chi connectivity index (χ3n) is 6.98. The van der Waals surface area contributed by atoms with Crippen LogP contribution in [0.3, 0.4) is 0 Å². The van der Waals surface area contributed by atoms with Crippen LogP contribution in [0.2, 0.25) is 5.02 Å². The molecule has 1 aliphatic rings. The van der Waals surface area contributed by atoms with Crippen molar-refractivity contribution < 1.29 is 8.42 Å². The van der Waals surface area contributed by atoms with E-state index in [4.69, 9.17) is 22.3 Å². The molecule has 5 rings (SSSR count). The second-order valence-corrected chi connectivity index (χ2v) is 12.2. The first kappa shape index (κ1) is 26.4. The van der Waals surface area contributed by atoms with Gasteiger partial charge in [0.05, 0.1) is 16.2 Å². The lowest BCUT2D eigenvalue weighted by atomic mass is 9.92. The number of halogens is 1. The molecule has 2 aromatic heterocycles. The maximum absolute atomic E-state index is 12.9. The Balaban J connectivity index is 1.46. The highest BCUT2D eigenvalue weighted by molar-refractivity contribution is 7.92. The van der Waals surface area contributed by atoms with E-state index >= 15 is 0 Å². The molecular weight excluding hydrogens is 522 g/mol. The first-order chi connectivity index (χ1) is 18.1. The number of benzene rings is 2. The highest BCUT2D eigenvalue weighted by Gasteiger charge is 2.22. The molecular formula is C27H32ClN7O2S. The van der Waals surface area contributed by atoms with Gasteiger partial charge in [-0.3, -0.25) is 9.40 Å². The molecule has 9 nitrogen and oxygen atoms in total. The minimum Gasteiger partial charge on any atom is -0.351 e. The minimum absolute atomic E-state index is 0.000645. The van der Waals surface area contributed by atoms with Gasteiger partial charge in [0.1, 0.15) is 4.90 Å². The number of rotatable bonds is 7. The van der Waals surface area contributed by atoms with E-state index in [1.165, 1.54) is 12.1 Å². The van der Waals surface area contributed by atoms with Crippen LogP contribution in [0.25, 0.3) is 22.2 Å². The van der Waals surface area contributed by atoms with Crippen LogP contribution >= 0.6 is 11.6 Å². The topological polar surface area (TPSA) is 128 Å². The van der Waals surface area contributed by atoms with Crippen LogP contribution in [-0.4, -0.2) is 40.2 Å². The summed E-state index contributed by atoms with van der Waals surface area (Å²) in [6.45, 7) is 4.26. The summed E-state index contributed by atoms with van der Waals surface area (Å²) in [7, 11) is -2.12. The Kier molecular flexibility index (Phi) is 7.30. The summed E-state index contributed by atoms with van der Waals surface area (Å²) in [5.74, 6) is 1.04. The highest BCUT2D eigenvalue weighted by Crippen LogP contribution is 2.33. The van der Waals surface area contributed by atoms with Crippen molar-refractivity contribution in [2.75, 3.05) is 10.0 Å². The molecule has 0 spiro atoms. The Morgan fingerprint density at radius 1 is 1.11 bits per heavy atom. The fraction of sp³-hybridized carbons (Fsp3) is 0.370. The maximum atomic E-state index is 12.9. The summed E-state index contributed by atoms with van der Waals surface area (Å²) in [5.41, 5.74) is 9.68. The van der Waals surface area contributed by atoms with Gasteiger partial charge in [-0.25, -0.2) is 18.4 Å². The molecule has 0 radical (unpaired) electrons. The Hall–Kier alpha value is -3.21. The van der Waals surface area contributed by atoms with E-state index in [2.05, 4.69) is 40.0 Å². The van der Waals surface area contributed by atoms with Crippen LogP contribution < -0.4 is 15.8 Å². The van der Waals surface area contributed by atoms with E-state index in [0.717, 1.165) is 53.4 Å².